The number of carbonyl (C=O) groups is 1. The van der Waals surface area contributed by atoms with Crippen molar-refractivity contribution in [3.63, 3.8) is 0 Å². The highest BCUT2D eigenvalue weighted by Gasteiger charge is 2.29. The third-order valence-corrected chi connectivity index (χ3v) is 4.56. The molecule has 2 aliphatic carbocycles. The number of benzene rings is 1. The van der Waals surface area contributed by atoms with Gasteiger partial charge in [-0.1, -0.05) is 43.2 Å². The molecule has 0 aromatic heterocycles. The van der Waals surface area contributed by atoms with Crippen molar-refractivity contribution in [2.24, 2.45) is 0 Å². The van der Waals surface area contributed by atoms with Crippen LogP contribution in [0.5, 0.6) is 0 Å². The average molecular weight is 254 g/mol. The number of Topliss-reactive ketones (excluding diaryl/α,β-unsaturated/α-hetero) is 1. The Balaban J connectivity index is 1.81. The van der Waals surface area contributed by atoms with E-state index >= 15 is 0 Å². The minimum atomic E-state index is 0.141. The molecule has 0 aliphatic heterocycles. The van der Waals surface area contributed by atoms with Gasteiger partial charge in [-0.15, -0.1) is 0 Å². The summed E-state index contributed by atoms with van der Waals surface area (Å²) < 4.78 is 0. The van der Waals surface area contributed by atoms with Crippen LogP contribution in [0.4, 0.5) is 0 Å². The zero-order valence-electron chi connectivity index (χ0n) is 11.5. The van der Waals surface area contributed by atoms with Gasteiger partial charge in [0.15, 0.2) is 5.78 Å². The molecule has 1 atom stereocenters. The summed E-state index contributed by atoms with van der Waals surface area (Å²) in [6.07, 6.45) is 11.4. The molecular formula is C18H22O. The number of carbonyl (C=O) groups excluding carboxylic acids is 1. The lowest BCUT2D eigenvalue weighted by Crippen LogP contribution is -2.13. The summed E-state index contributed by atoms with van der Waals surface area (Å²) in [6, 6.07) is 8.47. The fourth-order valence-corrected chi connectivity index (χ4v) is 3.47. The molecule has 2 aliphatic rings. The highest BCUT2D eigenvalue weighted by molar-refractivity contribution is 6.01. The Morgan fingerprint density at radius 3 is 2.79 bits per heavy atom. The first-order valence-electron chi connectivity index (χ1n) is 7.67. The van der Waals surface area contributed by atoms with Crippen LogP contribution in [0, 0.1) is 0 Å². The number of hydrogen-bond donors (Lipinski definition) is 0. The molecule has 0 heterocycles. The Hall–Kier alpha value is -1.37. The summed E-state index contributed by atoms with van der Waals surface area (Å²) >= 11 is 0. The van der Waals surface area contributed by atoms with Crippen LogP contribution in [0.15, 0.2) is 35.9 Å². The van der Waals surface area contributed by atoms with Gasteiger partial charge in [0.1, 0.15) is 0 Å². The van der Waals surface area contributed by atoms with Gasteiger partial charge in [0.05, 0.1) is 0 Å². The van der Waals surface area contributed by atoms with E-state index in [1.54, 1.807) is 0 Å². The van der Waals surface area contributed by atoms with Gasteiger partial charge in [0, 0.05) is 5.92 Å². The van der Waals surface area contributed by atoms with Gasteiger partial charge < -0.3 is 0 Å². The van der Waals surface area contributed by atoms with E-state index in [0.29, 0.717) is 5.78 Å². The van der Waals surface area contributed by atoms with Crippen LogP contribution in [0.3, 0.4) is 0 Å². The molecule has 1 unspecified atom stereocenters. The first-order valence-corrected chi connectivity index (χ1v) is 7.67. The van der Waals surface area contributed by atoms with Gasteiger partial charge in [-0.3, -0.25) is 4.79 Å². The Labute approximate surface area is 115 Å². The third kappa shape index (κ3) is 2.65. The van der Waals surface area contributed by atoms with Gasteiger partial charge in [0.25, 0.3) is 0 Å². The van der Waals surface area contributed by atoms with Crippen molar-refractivity contribution in [1.29, 1.82) is 0 Å². The van der Waals surface area contributed by atoms with Gasteiger partial charge in [-0.25, -0.2) is 0 Å². The number of hydrogen-bond acceptors (Lipinski definition) is 1. The highest BCUT2D eigenvalue weighted by atomic mass is 16.1. The van der Waals surface area contributed by atoms with Crippen LogP contribution >= 0.6 is 0 Å². The van der Waals surface area contributed by atoms with E-state index in [0.717, 1.165) is 31.3 Å². The largest absolute Gasteiger partial charge is 0.294 e. The zero-order chi connectivity index (χ0) is 13.1. The van der Waals surface area contributed by atoms with Crippen LogP contribution < -0.4 is 0 Å². The number of fused-ring (bicyclic) bond motifs is 1. The van der Waals surface area contributed by atoms with E-state index in [4.69, 9.17) is 0 Å². The van der Waals surface area contributed by atoms with Crippen molar-refractivity contribution in [2.75, 3.05) is 0 Å². The maximum absolute atomic E-state index is 12.8. The molecule has 0 saturated carbocycles. The second-order valence-corrected chi connectivity index (χ2v) is 5.84. The molecule has 0 fully saturated rings. The van der Waals surface area contributed by atoms with Crippen molar-refractivity contribution < 1.29 is 4.79 Å². The van der Waals surface area contributed by atoms with Gasteiger partial charge >= 0.3 is 0 Å². The molecule has 1 aromatic rings. The van der Waals surface area contributed by atoms with Crippen molar-refractivity contribution in [3.8, 4) is 0 Å². The molecule has 1 nitrogen and oxygen atoms in total. The number of ketones is 1. The fourth-order valence-electron chi connectivity index (χ4n) is 3.47. The summed E-state index contributed by atoms with van der Waals surface area (Å²) in [5.74, 6) is 0.550. The molecule has 0 N–H and O–H groups in total. The van der Waals surface area contributed by atoms with Crippen molar-refractivity contribution in [2.45, 2.75) is 57.3 Å². The SMILES string of the molecule is O=C(/C1=C/CCCCCC1)C1CCc2ccccc21. The molecule has 0 amide bonds. The topological polar surface area (TPSA) is 17.1 Å². The van der Waals surface area contributed by atoms with Crippen LogP contribution in [-0.2, 0) is 11.2 Å². The number of rotatable bonds is 2. The van der Waals surface area contributed by atoms with E-state index in [2.05, 4.69) is 30.3 Å². The van der Waals surface area contributed by atoms with Crippen LogP contribution in [0.2, 0.25) is 0 Å². The van der Waals surface area contributed by atoms with E-state index in [1.165, 1.54) is 36.8 Å². The first-order chi connectivity index (χ1) is 9.36. The molecule has 3 rings (SSSR count). The predicted octanol–water partition coefficient (Wildman–Crippen LogP) is 4.57. The zero-order valence-corrected chi connectivity index (χ0v) is 11.5. The first kappa shape index (κ1) is 12.7. The monoisotopic (exact) mass is 254 g/mol. The molecule has 0 radical (unpaired) electrons. The van der Waals surface area contributed by atoms with Gasteiger partial charge in [-0.2, -0.15) is 0 Å². The third-order valence-electron chi connectivity index (χ3n) is 4.56. The van der Waals surface area contributed by atoms with Crippen molar-refractivity contribution in [1.82, 2.24) is 0 Å². The Bertz CT molecular complexity index is 498. The Morgan fingerprint density at radius 1 is 1.00 bits per heavy atom. The van der Waals surface area contributed by atoms with Crippen LogP contribution in [0.1, 0.15) is 62.0 Å². The molecule has 19 heavy (non-hydrogen) atoms. The van der Waals surface area contributed by atoms with E-state index in [9.17, 15) is 4.79 Å². The standard InChI is InChI=1S/C18H22O/c19-18(15-9-4-2-1-3-5-10-15)17-13-12-14-8-6-7-11-16(14)17/h6-9,11,17H,1-5,10,12-13H2/b15-9+. The molecule has 1 heteroatoms. The predicted molar refractivity (Wildman–Crippen MR) is 78.3 cm³/mol. The summed E-state index contributed by atoms with van der Waals surface area (Å²) in [5.41, 5.74) is 3.78. The second-order valence-electron chi connectivity index (χ2n) is 5.84. The maximum atomic E-state index is 12.8. The average Bonchev–Trinajstić information content (AvgIpc) is 2.81. The van der Waals surface area contributed by atoms with Gasteiger partial charge in [-0.05, 0) is 55.2 Å². The van der Waals surface area contributed by atoms with Crippen molar-refractivity contribution in [3.05, 3.63) is 47.0 Å². The highest BCUT2D eigenvalue weighted by Crippen LogP contribution is 2.36. The van der Waals surface area contributed by atoms with Gasteiger partial charge in [0.2, 0.25) is 0 Å². The van der Waals surface area contributed by atoms with E-state index < -0.39 is 0 Å². The summed E-state index contributed by atoms with van der Waals surface area (Å²) in [6.45, 7) is 0. The quantitative estimate of drug-likeness (QED) is 0.755. The molecule has 0 bridgehead atoms. The van der Waals surface area contributed by atoms with Crippen LogP contribution in [-0.4, -0.2) is 5.78 Å². The van der Waals surface area contributed by atoms with E-state index in [1.807, 2.05) is 0 Å². The van der Waals surface area contributed by atoms with Crippen molar-refractivity contribution >= 4 is 5.78 Å². The van der Waals surface area contributed by atoms with Crippen LogP contribution in [0.25, 0.3) is 0 Å². The second kappa shape index (κ2) is 5.73. The minimum absolute atomic E-state index is 0.141. The molecule has 1 aromatic carbocycles. The van der Waals surface area contributed by atoms with E-state index in [-0.39, 0.29) is 5.92 Å². The number of allylic oxidation sites excluding steroid dienone is 2. The lowest BCUT2D eigenvalue weighted by Gasteiger charge is -2.15. The lowest BCUT2D eigenvalue weighted by molar-refractivity contribution is -0.117. The minimum Gasteiger partial charge on any atom is -0.294 e. The summed E-state index contributed by atoms with van der Waals surface area (Å²) in [4.78, 5) is 12.8. The molecular weight excluding hydrogens is 232 g/mol. The fraction of sp³-hybridized carbons (Fsp3) is 0.500. The molecule has 100 valence electrons. The Morgan fingerprint density at radius 2 is 1.84 bits per heavy atom. The number of aryl methyl sites for hydroxylation is 1. The smallest absolute Gasteiger partial charge is 0.165 e. The summed E-state index contributed by atoms with van der Waals surface area (Å²) in [5, 5.41) is 0. The molecule has 0 saturated heterocycles. The molecule has 0 spiro atoms. The lowest BCUT2D eigenvalue weighted by atomic mass is 9.88. The Kier molecular flexibility index (Phi) is 3.82. The maximum Gasteiger partial charge on any atom is 0.165 e. The summed E-state index contributed by atoms with van der Waals surface area (Å²) in [7, 11) is 0. The normalized spacial score (nSPS) is 25.9.